The van der Waals surface area contributed by atoms with Crippen LogP contribution in [0.5, 0.6) is 5.75 Å². The SMILES string of the molecule is COc1cccc2sc(NC(=O)c3ccc(Cl)c(Cl)c3)nc12. The van der Waals surface area contributed by atoms with Crippen LogP contribution in [0.1, 0.15) is 10.4 Å². The molecule has 0 atom stereocenters. The molecule has 1 N–H and O–H groups in total. The number of carbonyl (C=O) groups is 1. The maximum absolute atomic E-state index is 12.2. The number of aromatic nitrogens is 1. The summed E-state index contributed by atoms with van der Waals surface area (Å²) in [5.41, 5.74) is 1.14. The second-order valence-electron chi connectivity index (χ2n) is 4.41. The standard InChI is InChI=1S/C15H10Cl2N2O2S/c1-21-11-3-2-4-12-13(11)18-15(22-12)19-14(20)8-5-6-9(16)10(17)7-8/h2-7H,1H3,(H,18,19,20). The Labute approximate surface area is 140 Å². The number of thiazole rings is 1. The van der Waals surface area contributed by atoms with Crippen LogP contribution in [0.2, 0.25) is 10.0 Å². The lowest BCUT2D eigenvalue weighted by atomic mass is 10.2. The van der Waals surface area contributed by atoms with Crippen LogP contribution in [0.4, 0.5) is 5.13 Å². The molecule has 0 bridgehead atoms. The number of methoxy groups -OCH3 is 1. The fourth-order valence-corrected chi connectivity index (χ4v) is 3.12. The Balaban J connectivity index is 1.89. The molecule has 4 nitrogen and oxygen atoms in total. The quantitative estimate of drug-likeness (QED) is 0.731. The molecule has 7 heteroatoms. The third-order valence-electron chi connectivity index (χ3n) is 3.00. The summed E-state index contributed by atoms with van der Waals surface area (Å²) >= 11 is 13.1. The lowest BCUT2D eigenvalue weighted by molar-refractivity contribution is 0.102. The fourth-order valence-electron chi connectivity index (χ4n) is 1.95. The van der Waals surface area contributed by atoms with Gasteiger partial charge in [-0.3, -0.25) is 10.1 Å². The highest BCUT2D eigenvalue weighted by Gasteiger charge is 2.13. The van der Waals surface area contributed by atoms with Gasteiger partial charge in [-0.25, -0.2) is 4.98 Å². The van der Waals surface area contributed by atoms with Gasteiger partial charge >= 0.3 is 0 Å². The van der Waals surface area contributed by atoms with Gasteiger partial charge in [-0.2, -0.15) is 0 Å². The fraction of sp³-hybridized carbons (Fsp3) is 0.0667. The van der Waals surface area contributed by atoms with E-state index in [0.29, 0.717) is 26.5 Å². The molecule has 1 heterocycles. The number of halogens is 2. The number of benzene rings is 2. The van der Waals surface area contributed by atoms with E-state index in [0.717, 1.165) is 10.2 Å². The van der Waals surface area contributed by atoms with E-state index in [2.05, 4.69) is 10.3 Å². The van der Waals surface area contributed by atoms with Gasteiger partial charge in [-0.05, 0) is 30.3 Å². The normalized spacial score (nSPS) is 10.7. The Morgan fingerprint density at radius 2 is 2.05 bits per heavy atom. The van der Waals surface area contributed by atoms with Gasteiger partial charge in [0.25, 0.3) is 5.91 Å². The van der Waals surface area contributed by atoms with E-state index < -0.39 is 0 Å². The number of ether oxygens (including phenoxy) is 1. The molecule has 0 saturated heterocycles. The highest BCUT2D eigenvalue weighted by molar-refractivity contribution is 7.22. The maximum Gasteiger partial charge on any atom is 0.257 e. The second kappa shape index (κ2) is 6.12. The minimum absolute atomic E-state index is 0.295. The van der Waals surface area contributed by atoms with Crippen molar-refractivity contribution in [2.24, 2.45) is 0 Å². The first-order chi connectivity index (χ1) is 10.6. The minimum atomic E-state index is -0.295. The minimum Gasteiger partial charge on any atom is -0.494 e. The summed E-state index contributed by atoms with van der Waals surface area (Å²) in [6, 6.07) is 10.3. The molecule has 0 aliphatic heterocycles. The number of fused-ring (bicyclic) bond motifs is 1. The summed E-state index contributed by atoms with van der Waals surface area (Å²) in [5.74, 6) is 0.375. The molecule has 0 unspecified atom stereocenters. The molecular formula is C15H10Cl2N2O2S. The Morgan fingerprint density at radius 3 is 2.77 bits per heavy atom. The zero-order chi connectivity index (χ0) is 15.7. The maximum atomic E-state index is 12.2. The van der Waals surface area contributed by atoms with Crippen LogP contribution >= 0.6 is 34.5 Å². The highest BCUT2D eigenvalue weighted by atomic mass is 35.5. The number of nitrogens with zero attached hydrogens (tertiary/aromatic N) is 1. The number of carbonyl (C=O) groups excluding carboxylic acids is 1. The molecule has 3 aromatic rings. The molecule has 0 radical (unpaired) electrons. The number of hydrogen-bond donors (Lipinski definition) is 1. The number of nitrogens with one attached hydrogen (secondary N) is 1. The molecule has 0 aliphatic carbocycles. The van der Waals surface area contributed by atoms with Gasteiger partial charge in [0.2, 0.25) is 0 Å². The van der Waals surface area contributed by atoms with E-state index in [9.17, 15) is 4.79 Å². The van der Waals surface area contributed by atoms with E-state index in [-0.39, 0.29) is 5.91 Å². The smallest absolute Gasteiger partial charge is 0.257 e. The lowest BCUT2D eigenvalue weighted by Crippen LogP contribution is -2.11. The van der Waals surface area contributed by atoms with Crippen LogP contribution < -0.4 is 10.1 Å². The Morgan fingerprint density at radius 1 is 1.23 bits per heavy atom. The molecule has 0 saturated carbocycles. The summed E-state index contributed by atoms with van der Waals surface area (Å²) in [7, 11) is 1.59. The van der Waals surface area contributed by atoms with Crippen molar-refractivity contribution in [2.45, 2.75) is 0 Å². The summed E-state index contributed by atoms with van der Waals surface area (Å²) in [4.78, 5) is 16.6. The first kappa shape index (κ1) is 15.1. The molecule has 1 amide bonds. The van der Waals surface area contributed by atoms with Gasteiger partial charge in [0.05, 0.1) is 21.9 Å². The van der Waals surface area contributed by atoms with Gasteiger partial charge < -0.3 is 4.74 Å². The zero-order valence-electron chi connectivity index (χ0n) is 11.4. The van der Waals surface area contributed by atoms with Gasteiger partial charge in [-0.1, -0.05) is 40.6 Å². The molecule has 0 aliphatic rings. The largest absolute Gasteiger partial charge is 0.494 e. The predicted octanol–water partition coefficient (Wildman–Crippen LogP) is 4.86. The van der Waals surface area contributed by atoms with Crippen molar-refractivity contribution < 1.29 is 9.53 Å². The van der Waals surface area contributed by atoms with E-state index >= 15 is 0 Å². The van der Waals surface area contributed by atoms with Crippen molar-refractivity contribution in [3.8, 4) is 5.75 Å². The molecule has 112 valence electrons. The van der Waals surface area contributed by atoms with Gasteiger partial charge in [-0.15, -0.1) is 0 Å². The predicted molar refractivity (Wildman–Crippen MR) is 90.6 cm³/mol. The summed E-state index contributed by atoms with van der Waals surface area (Å²) in [6.07, 6.45) is 0. The van der Waals surface area contributed by atoms with Crippen LogP contribution in [0.3, 0.4) is 0 Å². The molecule has 22 heavy (non-hydrogen) atoms. The zero-order valence-corrected chi connectivity index (χ0v) is 13.7. The van der Waals surface area contributed by atoms with E-state index in [1.165, 1.54) is 17.4 Å². The molecule has 0 spiro atoms. The van der Waals surface area contributed by atoms with Crippen LogP contribution in [-0.4, -0.2) is 18.0 Å². The van der Waals surface area contributed by atoms with Crippen molar-refractivity contribution in [1.29, 1.82) is 0 Å². The summed E-state index contributed by atoms with van der Waals surface area (Å²) in [6.45, 7) is 0. The van der Waals surface area contributed by atoms with Crippen molar-refractivity contribution in [2.75, 3.05) is 12.4 Å². The van der Waals surface area contributed by atoms with Crippen molar-refractivity contribution >= 4 is 55.8 Å². The number of hydrogen-bond acceptors (Lipinski definition) is 4. The van der Waals surface area contributed by atoms with Crippen molar-refractivity contribution in [3.63, 3.8) is 0 Å². The van der Waals surface area contributed by atoms with Gasteiger partial charge in [0.1, 0.15) is 11.3 Å². The molecular weight excluding hydrogens is 343 g/mol. The number of para-hydroxylation sites is 1. The van der Waals surface area contributed by atoms with E-state index in [1.54, 1.807) is 19.2 Å². The topological polar surface area (TPSA) is 51.2 Å². The van der Waals surface area contributed by atoms with Gasteiger partial charge in [0, 0.05) is 5.56 Å². The first-order valence-corrected chi connectivity index (χ1v) is 7.85. The molecule has 0 fully saturated rings. The third kappa shape index (κ3) is 2.88. The second-order valence-corrected chi connectivity index (χ2v) is 6.25. The van der Waals surface area contributed by atoms with Crippen molar-refractivity contribution in [1.82, 2.24) is 4.98 Å². The monoisotopic (exact) mass is 352 g/mol. The third-order valence-corrected chi connectivity index (χ3v) is 4.68. The highest BCUT2D eigenvalue weighted by Crippen LogP contribution is 2.32. The van der Waals surface area contributed by atoms with Crippen LogP contribution in [0, 0.1) is 0 Å². The van der Waals surface area contributed by atoms with Crippen LogP contribution in [0.25, 0.3) is 10.2 Å². The molecule has 1 aromatic heterocycles. The summed E-state index contributed by atoms with van der Waals surface area (Å²) < 4.78 is 6.19. The van der Waals surface area contributed by atoms with E-state index in [4.69, 9.17) is 27.9 Å². The van der Waals surface area contributed by atoms with Crippen LogP contribution in [-0.2, 0) is 0 Å². The lowest BCUT2D eigenvalue weighted by Gasteiger charge is -2.03. The average molecular weight is 353 g/mol. The van der Waals surface area contributed by atoms with Gasteiger partial charge in [0.15, 0.2) is 5.13 Å². The first-order valence-electron chi connectivity index (χ1n) is 6.28. The van der Waals surface area contributed by atoms with Crippen LogP contribution in [0.15, 0.2) is 36.4 Å². The Bertz CT molecular complexity index is 864. The Hall–Kier alpha value is -1.82. The van der Waals surface area contributed by atoms with Crippen molar-refractivity contribution in [3.05, 3.63) is 52.0 Å². The number of anilines is 1. The number of rotatable bonds is 3. The molecule has 2 aromatic carbocycles. The van der Waals surface area contributed by atoms with E-state index in [1.807, 2.05) is 18.2 Å². The summed E-state index contributed by atoms with van der Waals surface area (Å²) in [5, 5.41) is 3.99. The Kier molecular flexibility index (Phi) is 4.20. The average Bonchev–Trinajstić information content (AvgIpc) is 2.92. The molecule has 3 rings (SSSR count). The number of amides is 1.